The molecule has 98 valence electrons. The van der Waals surface area contributed by atoms with Crippen LogP contribution in [0.4, 0.5) is 0 Å². The van der Waals surface area contributed by atoms with E-state index in [0.717, 1.165) is 23.2 Å². The van der Waals surface area contributed by atoms with Gasteiger partial charge < -0.3 is 10.6 Å². The SMILES string of the molecule is O=C(NC1CC2CC1CN2)c1nc2ccccc2s1. The second-order valence-electron chi connectivity index (χ2n) is 5.40. The summed E-state index contributed by atoms with van der Waals surface area (Å²) in [5.74, 6) is 0.585. The zero-order valence-corrected chi connectivity index (χ0v) is 11.2. The molecular weight excluding hydrogens is 258 g/mol. The van der Waals surface area contributed by atoms with Gasteiger partial charge in [-0.2, -0.15) is 0 Å². The van der Waals surface area contributed by atoms with Crippen molar-refractivity contribution in [3.05, 3.63) is 29.3 Å². The Hall–Kier alpha value is -1.46. The molecule has 0 spiro atoms. The lowest BCUT2D eigenvalue weighted by Crippen LogP contribution is -2.44. The third-order valence-electron chi connectivity index (χ3n) is 4.17. The summed E-state index contributed by atoms with van der Waals surface area (Å²) in [5.41, 5.74) is 0.909. The van der Waals surface area contributed by atoms with Gasteiger partial charge in [-0.05, 0) is 30.9 Å². The van der Waals surface area contributed by atoms with E-state index in [4.69, 9.17) is 0 Å². The van der Waals surface area contributed by atoms with Gasteiger partial charge >= 0.3 is 0 Å². The molecule has 4 rings (SSSR count). The Morgan fingerprint density at radius 2 is 2.26 bits per heavy atom. The third-order valence-corrected chi connectivity index (χ3v) is 5.20. The van der Waals surface area contributed by atoms with Crippen LogP contribution in [-0.2, 0) is 0 Å². The zero-order valence-electron chi connectivity index (χ0n) is 10.4. The second kappa shape index (κ2) is 4.28. The summed E-state index contributed by atoms with van der Waals surface area (Å²) < 4.78 is 1.07. The van der Waals surface area contributed by atoms with Crippen molar-refractivity contribution < 1.29 is 4.79 Å². The van der Waals surface area contributed by atoms with Gasteiger partial charge in [0.1, 0.15) is 0 Å². The van der Waals surface area contributed by atoms with Gasteiger partial charge in [-0.25, -0.2) is 4.98 Å². The average Bonchev–Trinajstić information content (AvgIpc) is 3.12. The van der Waals surface area contributed by atoms with E-state index in [-0.39, 0.29) is 5.91 Å². The van der Waals surface area contributed by atoms with Gasteiger partial charge in [-0.3, -0.25) is 4.79 Å². The molecule has 3 unspecified atom stereocenters. The molecule has 1 amide bonds. The van der Waals surface area contributed by atoms with Crippen LogP contribution in [0.3, 0.4) is 0 Å². The molecule has 1 aromatic heterocycles. The number of para-hydroxylation sites is 1. The molecule has 2 aromatic rings. The van der Waals surface area contributed by atoms with Crippen LogP contribution in [0.2, 0.25) is 0 Å². The maximum atomic E-state index is 12.3. The molecule has 1 saturated carbocycles. The van der Waals surface area contributed by atoms with E-state index in [1.54, 1.807) is 0 Å². The van der Waals surface area contributed by atoms with Crippen LogP contribution in [0.25, 0.3) is 10.2 Å². The topological polar surface area (TPSA) is 54.0 Å². The Balaban J connectivity index is 1.53. The van der Waals surface area contributed by atoms with Crippen molar-refractivity contribution in [1.82, 2.24) is 15.6 Å². The van der Waals surface area contributed by atoms with Crippen LogP contribution in [0.1, 0.15) is 22.6 Å². The Morgan fingerprint density at radius 1 is 1.37 bits per heavy atom. The molecule has 1 saturated heterocycles. The summed E-state index contributed by atoms with van der Waals surface area (Å²) in [4.78, 5) is 16.7. The van der Waals surface area contributed by atoms with Gasteiger partial charge in [0.2, 0.25) is 0 Å². The third kappa shape index (κ3) is 1.93. The summed E-state index contributed by atoms with van der Waals surface area (Å²) in [6, 6.07) is 8.81. The number of nitrogens with zero attached hydrogens (tertiary/aromatic N) is 1. The number of fused-ring (bicyclic) bond motifs is 3. The van der Waals surface area contributed by atoms with Crippen LogP contribution in [0.15, 0.2) is 24.3 Å². The summed E-state index contributed by atoms with van der Waals surface area (Å²) in [7, 11) is 0. The fourth-order valence-corrected chi connectivity index (χ4v) is 4.08. The number of rotatable bonds is 2. The first-order valence-corrected chi connectivity index (χ1v) is 7.51. The van der Waals surface area contributed by atoms with E-state index in [0.29, 0.717) is 23.0 Å². The minimum atomic E-state index is -0.0150. The average molecular weight is 273 g/mol. The maximum Gasteiger partial charge on any atom is 0.280 e. The molecule has 19 heavy (non-hydrogen) atoms. The van der Waals surface area contributed by atoms with Crippen LogP contribution >= 0.6 is 11.3 Å². The minimum absolute atomic E-state index is 0.0150. The van der Waals surface area contributed by atoms with E-state index >= 15 is 0 Å². The molecule has 1 aromatic carbocycles. The normalized spacial score (nSPS) is 28.9. The number of hydrogen-bond acceptors (Lipinski definition) is 4. The van der Waals surface area contributed by atoms with Crippen LogP contribution in [-0.4, -0.2) is 29.5 Å². The van der Waals surface area contributed by atoms with E-state index in [1.807, 2.05) is 24.3 Å². The van der Waals surface area contributed by atoms with Crippen LogP contribution in [0.5, 0.6) is 0 Å². The molecule has 5 heteroatoms. The van der Waals surface area contributed by atoms with Crippen molar-refractivity contribution in [3.63, 3.8) is 0 Å². The number of nitrogens with one attached hydrogen (secondary N) is 2. The monoisotopic (exact) mass is 273 g/mol. The van der Waals surface area contributed by atoms with Crippen LogP contribution in [0, 0.1) is 5.92 Å². The number of benzene rings is 1. The predicted octanol–water partition coefficient (Wildman–Crippen LogP) is 1.78. The summed E-state index contributed by atoms with van der Waals surface area (Å²) >= 11 is 1.47. The Morgan fingerprint density at radius 3 is 3.00 bits per heavy atom. The number of carbonyl (C=O) groups is 1. The highest BCUT2D eigenvalue weighted by atomic mass is 32.1. The molecule has 1 aliphatic carbocycles. The predicted molar refractivity (Wildman–Crippen MR) is 75.4 cm³/mol. The summed E-state index contributed by atoms with van der Waals surface area (Å²) in [5, 5.41) is 7.19. The summed E-state index contributed by atoms with van der Waals surface area (Å²) in [6.07, 6.45) is 2.26. The quantitative estimate of drug-likeness (QED) is 0.877. The smallest absolute Gasteiger partial charge is 0.280 e. The van der Waals surface area contributed by atoms with Crippen molar-refractivity contribution in [1.29, 1.82) is 0 Å². The largest absolute Gasteiger partial charge is 0.347 e. The maximum absolute atomic E-state index is 12.3. The van der Waals surface area contributed by atoms with Gasteiger partial charge in [0.05, 0.1) is 10.2 Å². The standard InChI is InChI=1S/C14H15N3OS/c18-13(16-11-6-9-5-8(11)7-15-9)14-17-10-3-1-2-4-12(10)19-14/h1-4,8-9,11,15H,5-7H2,(H,16,18). The fraction of sp³-hybridized carbons (Fsp3) is 0.429. The number of thiazole rings is 1. The minimum Gasteiger partial charge on any atom is -0.347 e. The number of amides is 1. The number of carbonyl (C=O) groups excluding carboxylic acids is 1. The van der Waals surface area contributed by atoms with E-state index in [9.17, 15) is 4.79 Å². The van der Waals surface area contributed by atoms with Crippen molar-refractivity contribution >= 4 is 27.5 Å². The van der Waals surface area contributed by atoms with Gasteiger partial charge in [0, 0.05) is 18.6 Å². The molecule has 3 atom stereocenters. The van der Waals surface area contributed by atoms with Crippen molar-refractivity contribution in [3.8, 4) is 0 Å². The zero-order chi connectivity index (χ0) is 12.8. The highest BCUT2D eigenvalue weighted by molar-refractivity contribution is 7.20. The molecular formula is C14H15N3OS. The molecule has 2 aliphatic rings. The van der Waals surface area contributed by atoms with E-state index in [2.05, 4.69) is 15.6 Å². The highest BCUT2D eigenvalue weighted by Gasteiger charge is 2.40. The van der Waals surface area contributed by atoms with Gasteiger partial charge in [0.15, 0.2) is 5.01 Å². The van der Waals surface area contributed by atoms with E-state index in [1.165, 1.54) is 17.8 Å². The first kappa shape index (κ1) is 11.4. The number of aromatic nitrogens is 1. The molecule has 0 radical (unpaired) electrons. The first-order chi connectivity index (χ1) is 9.29. The van der Waals surface area contributed by atoms with Crippen molar-refractivity contribution in [2.45, 2.75) is 24.9 Å². The highest BCUT2D eigenvalue weighted by Crippen LogP contribution is 2.31. The summed E-state index contributed by atoms with van der Waals surface area (Å²) in [6.45, 7) is 1.04. The molecule has 2 bridgehead atoms. The molecule has 2 N–H and O–H groups in total. The van der Waals surface area contributed by atoms with Crippen molar-refractivity contribution in [2.24, 2.45) is 5.92 Å². The van der Waals surface area contributed by atoms with E-state index < -0.39 is 0 Å². The number of piperidine rings is 1. The van der Waals surface area contributed by atoms with Crippen LogP contribution < -0.4 is 10.6 Å². The Labute approximate surface area is 115 Å². The number of hydrogen-bond donors (Lipinski definition) is 2. The van der Waals surface area contributed by atoms with Gasteiger partial charge in [0.25, 0.3) is 5.91 Å². The molecule has 4 nitrogen and oxygen atoms in total. The van der Waals surface area contributed by atoms with Crippen molar-refractivity contribution in [2.75, 3.05) is 6.54 Å². The molecule has 2 fully saturated rings. The molecule has 2 heterocycles. The molecule has 1 aliphatic heterocycles. The lowest BCUT2D eigenvalue weighted by atomic mass is 10.0. The Kier molecular flexibility index (Phi) is 2.56. The lowest BCUT2D eigenvalue weighted by Gasteiger charge is -2.22. The first-order valence-electron chi connectivity index (χ1n) is 6.69. The fourth-order valence-electron chi connectivity index (χ4n) is 3.21. The second-order valence-corrected chi connectivity index (χ2v) is 6.43. The van der Waals surface area contributed by atoms with Gasteiger partial charge in [-0.15, -0.1) is 11.3 Å². The lowest BCUT2D eigenvalue weighted by molar-refractivity contribution is 0.0925. The van der Waals surface area contributed by atoms with Gasteiger partial charge in [-0.1, -0.05) is 12.1 Å². The Bertz CT molecular complexity index is 605.